The van der Waals surface area contributed by atoms with Gasteiger partial charge in [0.1, 0.15) is 4.83 Å². The van der Waals surface area contributed by atoms with Crippen LogP contribution in [0.15, 0.2) is 23.8 Å². The molecule has 0 amide bonds. The second-order valence-electron chi connectivity index (χ2n) is 5.08. The Hall–Kier alpha value is -1.53. The molecule has 0 fully saturated rings. The van der Waals surface area contributed by atoms with Crippen molar-refractivity contribution in [1.29, 1.82) is 0 Å². The summed E-state index contributed by atoms with van der Waals surface area (Å²) in [6.07, 6.45) is 1.63. The van der Waals surface area contributed by atoms with Crippen molar-refractivity contribution in [2.75, 3.05) is 0 Å². The maximum absolute atomic E-state index is 12.5. The lowest BCUT2D eigenvalue weighted by atomic mass is 10.1. The molecule has 114 valence electrons. The smallest absolute Gasteiger partial charge is 0.197 e. The van der Waals surface area contributed by atoms with E-state index in [0.29, 0.717) is 11.1 Å². The van der Waals surface area contributed by atoms with Gasteiger partial charge in [0.15, 0.2) is 11.6 Å². The molecule has 0 N–H and O–H groups in total. The normalized spacial score (nSPS) is 14.0. The first-order chi connectivity index (χ1) is 10.9. The first-order valence-electron chi connectivity index (χ1n) is 6.61. The number of benzene rings is 1. The fourth-order valence-electron chi connectivity index (χ4n) is 2.52. The van der Waals surface area contributed by atoms with Crippen LogP contribution in [-0.4, -0.2) is 16.6 Å². The molecule has 0 spiro atoms. The van der Waals surface area contributed by atoms with Crippen LogP contribution < -0.4 is 0 Å². The molecular formula is C16H7Cl2NO2S2. The van der Waals surface area contributed by atoms with Gasteiger partial charge in [0, 0.05) is 16.0 Å². The summed E-state index contributed by atoms with van der Waals surface area (Å²) in [6.45, 7) is 1.95. The first kappa shape index (κ1) is 15.0. The largest absolute Gasteiger partial charge is 0.288 e. The number of aromatic nitrogens is 1. The number of nitrogens with zero attached hydrogens (tertiary/aromatic N) is 1. The van der Waals surface area contributed by atoms with Crippen LogP contribution in [0, 0.1) is 6.92 Å². The zero-order chi connectivity index (χ0) is 16.3. The van der Waals surface area contributed by atoms with Crippen LogP contribution in [0.1, 0.15) is 30.6 Å². The summed E-state index contributed by atoms with van der Waals surface area (Å²) in [5.74, 6) is -0.631. The zero-order valence-corrected chi connectivity index (χ0v) is 14.8. The van der Waals surface area contributed by atoms with E-state index >= 15 is 0 Å². The van der Waals surface area contributed by atoms with Crippen molar-refractivity contribution in [3.63, 3.8) is 0 Å². The molecule has 0 aliphatic heterocycles. The maximum Gasteiger partial charge on any atom is 0.197 e. The van der Waals surface area contributed by atoms with E-state index in [1.54, 1.807) is 17.4 Å². The van der Waals surface area contributed by atoms with Gasteiger partial charge in [-0.1, -0.05) is 23.2 Å². The number of Topliss-reactive ketones (excluding diaryl/α,β-unsaturated/α-hetero) is 2. The summed E-state index contributed by atoms with van der Waals surface area (Å²) < 4.78 is 1.06. The van der Waals surface area contributed by atoms with Gasteiger partial charge in [-0.15, -0.1) is 22.7 Å². The minimum Gasteiger partial charge on any atom is -0.288 e. The van der Waals surface area contributed by atoms with Gasteiger partial charge in [-0.3, -0.25) is 9.59 Å². The van der Waals surface area contributed by atoms with Crippen LogP contribution in [0.2, 0.25) is 10.0 Å². The molecule has 7 heteroatoms. The van der Waals surface area contributed by atoms with Crippen LogP contribution in [0.5, 0.6) is 0 Å². The van der Waals surface area contributed by atoms with E-state index in [2.05, 4.69) is 4.98 Å². The highest BCUT2D eigenvalue weighted by atomic mass is 35.5. The highest BCUT2D eigenvalue weighted by Crippen LogP contribution is 2.36. The van der Waals surface area contributed by atoms with E-state index in [-0.39, 0.29) is 27.2 Å². The van der Waals surface area contributed by atoms with Gasteiger partial charge < -0.3 is 0 Å². The fourth-order valence-corrected chi connectivity index (χ4v) is 4.92. The van der Waals surface area contributed by atoms with Gasteiger partial charge in [0.2, 0.25) is 0 Å². The third-order valence-electron chi connectivity index (χ3n) is 3.54. The van der Waals surface area contributed by atoms with E-state index in [9.17, 15) is 9.59 Å². The summed E-state index contributed by atoms with van der Waals surface area (Å²) in [5, 5.41) is 1.53. The number of ketones is 2. The quantitative estimate of drug-likeness (QED) is 0.417. The van der Waals surface area contributed by atoms with Gasteiger partial charge in [-0.2, -0.15) is 0 Å². The molecule has 3 nitrogen and oxygen atoms in total. The maximum atomic E-state index is 12.5. The van der Waals surface area contributed by atoms with E-state index < -0.39 is 0 Å². The number of thiazole rings is 1. The number of fused-ring (bicyclic) bond motifs is 2. The third-order valence-corrected chi connectivity index (χ3v) is 6.29. The van der Waals surface area contributed by atoms with Crippen LogP contribution in [-0.2, 0) is 0 Å². The topological polar surface area (TPSA) is 47.0 Å². The molecule has 2 heterocycles. The summed E-state index contributed by atoms with van der Waals surface area (Å²) in [4.78, 5) is 31.1. The Morgan fingerprint density at radius 1 is 1.00 bits per heavy atom. The molecule has 4 rings (SSSR count). The third kappa shape index (κ3) is 2.35. The summed E-state index contributed by atoms with van der Waals surface area (Å²) in [5.41, 5.74) is 0.759. The van der Waals surface area contributed by atoms with Crippen molar-refractivity contribution >= 4 is 73.0 Å². The Balaban J connectivity index is 1.81. The van der Waals surface area contributed by atoms with Crippen molar-refractivity contribution < 1.29 is 9.59 Å². The van der Waals surface area contributed by atoms with E-state index in [1.807, 2.05) is 13.0 Å². The number of thiophene rings is 1. The molecule has 1 aliphatic carbocycles. The Kier molecular flexibility index (Phi) is 3.43. The van der Waals surface area contributed by atoms with Crippen LogP contribution >= 0.6 is 45.9 Å². The number of rotatable bonds is 1. The second-order valence-corrected chi connectivity index (χ2v) is 8.19. The Morgan fingerprint density at radius 2 is 1.61 bits per heavy atom. The number of halogens is 2. The SMILES string of the molecule is Cc1nc2sc(C=C3C(=O)c4cc(Cl)c(Cl)cc4C3=O)cc2s1. The standard InChI is InChI=1S/C16H7Cl2NO2S2/c1-6-19-16-13(22-6)3-7(23-16)2-10-14(20)8-4-11(17)12(18)5-9(8)15(10)21/h2-5H,1H3. The molecule has 0 atom stereocenters. The monoisotopic (exact) mass is 379 g/mol. The molecule has 23 heavy (non-hydrogen) atoms. The Bertz CT molecular complexity index is 971. The van der Waals surface area contributed by atoms with Gasteiger partial charge in [-0.25, -0.2) is 4.98 Å². The molecular weight excluding hydrogens is 373 g/mol. The highest BCUT2D eigenvalue weighted by Gasteiger charge is 2.34. The molecule has 1 aromatic carbocycles. The van der Waals surface area contributed by atoms with E-state index in [1.165, 1.54) is 23.5 Å². The van der Waals surface area contributed by atoms with Crippen LogP contribution in [0.25, 0.3) is 15.6 Å². The van der Waals surface area contributed by atoms with Crippen molar-refractivity contribution in [2.24, 2.45) is 0 Å². The lowest BCUT2D eigenvalue weighted by molar-refractivity contribution is 0.0990. The molecule has 1 aliphatic rings. The van der Waals surface area contributed by atoms with E-state index in [4.69, 9.17) is 23.2 Å². The molecule has 0 unspecified atom stereocenters. The summed E-state index contributed by atoms with van der Waals surface area (Å²) in [7, 11) is 0. The molecule has 0 radical (unpaired) electrons. The van der Waals surface area contributed by atoms with Gasteiger partial charge in [0.05, 0.1) is 25.3 Å². The predicted octanol–water partition coefficient (Wildman–Crippen LogP) is 5.44. The van der Waals surface area contributed by atoms with Crippen molar-refractivity contribution in [3.05, 3.63) is 54.8 Å². The Labute approximate surface area is 149 Å². The molecule has 0 bridgehead atoms. The van der Waals surface area contributed by atoms with Gasteiger partial charge in [0.25, 0.3) is 0 Å². The number of carbonyl (C=O) groups excluding carboxylic acids is 2. The van der Waals surface area contributed by atoms with Crippen molar-refractivity contribution in [1.82, 2.24) is 4.98 Å². The fraction of sp³-hybridized carbons (Fsp3) is 0.0625. The zero-order valence-electron chi connectivity index (χ0n) is 11.6. The number of aryl methyl sites for hydroxylation is 1. The van der Waals surface area contributed by atoms with Crippen molar-refractivity contribution in [2.45, 2.75) is 6.92 Å². The molecule has 0 saturated carbocycles. The highest BCUT2D eigenvalue weighted by molar-refractivity contribution is 7.27. The molecule has 0 saturated heterocycles. The number of hydrogen-bond donors (Lipinski definition) is 0. The Morgan fingerprint density at radius 3 is 2.17 bits per heavy atom. The second kappa shape index (κ2) is 5.24. The van der Waals surface area contributed by atoms with Crippen molar-refractivity contribution in [3.8, 4) is 0 Å². The number of allylic oxidation sites excluding steroid dienone is 1. The number of hydrogen-bond acceptors (Lipinski definition) is 5. The van der Waals surface area contributed by atoms with Gasteiger partial charge >= 0.3 is 0 Å². The average molecular weight is 380 g/mol. The molecule has 3 aromatic rings. The predicted molar refractivity (Wildman–Crippen MR) is 95.3 cm³/mol. The number of carbonyl (C=O) groups is 2. The van der Waals surface area contributed by atoms with Gasteiger partial charge in [-0.05, 0) is 31.2 Å². The minimum atomic E-state index is -0.315. The minimum absolute atomic E-state index is 0.143. The summed E-state index contributed by atoms with van der Waals surface area (Å²) in [6, 6.07) is 4.86. The van der Waals surface area contributed by atoms with E-state index in [0.717, 1.165) is 19.4 Å². The van der Waals surface area contributed by atoms with Crippen LogP contribution in [0.3, 0.4) is 0 Å². The molecule has 2 aromatic heterocycles. The summed E-state index contributed by atoms with van der Waals surface area (Å²) >= 11 is 14.9. The lowest BCUT2D eigenvalue weighted by Crippen LogP contribution is -1.99. The van der Waals surface area contributed by atoms with Crippen LogP contribution in [0.4, 0.5) is 0 Å². The lowest BCUT2D eigenvalue weighted by Gasteiger charge is -1.98. The average Bonchev–Trinajstić information content (AvgIpc) is 3.07. The first-order valence-corrected chi connectivity index (χ1v) is 9.00.